The third-order valence-corrected chi connectivity index (χ3v) is 1.79. The Bertz CT molecular complexity index is 254. The number of hydrogen-bond donors (Lipinski definition) is 3. The van der Waals surface area contributed by atoms with Crippen LogP contribution >= 0.6 is 0 Å². The molecule has 13 heavy (non-hydrogen) atoms. The van der Waals surface area contributed by atoms with Crippen LogP contribution in [-0.4, -0.2) is 33.9 Å². The maximum atomic E-state index is 11.3. The van der Waals surface area contributed by atoms with Crippen molar-refractivity contribution in [2.75, 3.05) is 6.61 Å². The first kappa shape index (κ1) is 9.73. The van der Waals surface area contributed by atoms with Crippen molar-refractivity contribution in [1.82, 2.24) is 15.5 Å². The highest BCUT2D eigenvalue weighted by Crippen LogP contribution is 1.94. The average molecular weight is 183 g/mol. The van der Waals surface area contributed by atoms with Crippen LogP contribution in [0.2, 0.25) is 0 Å². The SMILES string of the molecule is CC[C@@H](CO)NC(=O)c1ccn[nH]1. The maximum Gasteiger partial charge on any atom is 0.269 e. The van der Waals surface area contributed by atoms with E-state index < -0.39 is 0 Å². The number of aliphatic hydroxyl groups is 1. The van der Waals surface area contributed by atoms with Crippen molar-refractivity contribution < 1.29 is 9.90 Å². The van der Waals surface area contributed by atoms with Crippen LogP contribution in [0.3, 0.4) is 0 Å². The minimum atomic E-state index is -0.238. The first-order valence-electron chi connectivity index (χ1n) is 4.19. The lowest BCUT2D eigenvalue weighted by molar-refractivity contribution is 0.0910. The second-order valence-corrected chi connectivity index (χ2v) is 2.73. The average Bonchev–Trinajstić information content (AvgIpc) is 2.66. The molecule has 0 spiro atoms. The Morgan fingerprint density at radius 3 is 3.08 bits per heavy atom. The van der Waals surface area contributed by atoms with Gasteiger partial charge in [0.25, 0.3) is 5.91 Å². The predicted molar refractivity (Wildman–Crippen MR) is 47.2 cm³/mol. The van der Waals surface area contributed by atoms with Gasteiger partial charge in [-0.25, -0.2) is 0 Å². The van der Waals surface area contributed by atoms with Crippen molar-refractivity contribution in [3.05, 3.63) is 18.0 Å². The summed E-state index contributed by atoms with van der Waals surface area (Å²) in [5.41, 5.74) is 0.409. The molecule has 0 saturated carbocycles. The zero-order valence-electron chi connectivity index (χ0n) is 7.45. The van der Waals surface area contributed by atoms with Crippen molar-refractivity contribution in [2.24, 2.45) is 0 Å². The monoisotopic (exact) mass is 183 g/mol. The van der Waals surface area contributed by atoms with Crippen LogP contribution in [-0.2, 0) is 0 Å². The number of H-pyrrole nitrogens is 1. The Hall–Kier alpha value is -1.36. The molecule has 0 fully saturated rings. The molecule has 0 aliphatic carbocycles. The third kappa shape index (κ3) is 2.55. The number of aliphatic hydroxyl groups excluding tert-OH is 1. The van der Waals surface area contributed by atoms with Gasteiger partial charge in [-0.2, -0.15) is 5.10 Å². The van der Waals surface area contributed by atoms with Crippen LogP contribution < -0.4 is 5.32 Å². The fourth-order valence-electron chi connectivity index (χ4n) is 0.922. The number of carbonyl (C=O) groups is 1. The first-order chi connectivity index (χ1) is 6.27. The number of aromatic nitrogens is 2. The molecule has 1 heterocycles. The summed E-state index contributed by atoms with van der Waals surface area (Å²) in [6, 6.07) is 1.40. The van der Waals surface area contributed by atoms with Gasteiger partial charge < -0.3 is 10.4 Å². The van der Waals surface area contributed by atoms with Gasteiger partial charge in [0.15, 0.2) is 0 Å². The van der Waals surface area contributed by atoms with Gasteiger partial charge in [-0.3, -0.25) is 9.89 Å². The molecule has 72 valence electrons. The summed E-state index contributed by atoms with van der Waals surface area (Å²) in [6.07, 6.45) is 2.21. The Morgan fingerprint density at radius 1 is 1.85 bits per heavy atom. The van der Waals surface area contributed by atoms with E-state index in [4.69, 9.17) is 5.11 Å². The number of nitrogens with zero attached hydrogens (tertiary/aromatic N) is 1. The smallest absolute Gasteiger partial charge is 0.269 e. The fraction of sp³-hybridized carbons (Fsp3) is 0.500. The van der Waals surface area contributed by atoms with Gasteiger partial charge in [0.1, 0.15) is 5.69 Å². The molecule has 5 nitrogen and oxygen atoms in total. The van der Waals surface area contributed by atoms with Crippen LogP contribution in [0.1, 0.15) is 23.8 Å². The molecular formula is C8H13N3O2. The summed E-state index contributed by atoms with van der Waals surface area (Å²) in [6.45, 7) is 1.85. The van der Waals surface area contributed by atoms with E-state index in [1.165, 1.54) is 6.20 Å². The zero-order valence-corrected chi connectivity index (χ0v) is 7.45. The van der Waals surface area contributed by atoms with Gasteiger partial charge in [0.05, 0.1) is 12.6 Å². The normalized spacial score (nSPS) is 12.5. The molecule has 3 N–H and O–H groups in total. The zero-order chi connectivity index (χ0) is 9.68. The molecule has 0 bridgehead atoms. The molecule has 1 amide bonds. The molecule has 0 saturated heterocycles. The van der Waals surface area contributed by atoms with Crippen molar-refractivity contribution in [1.29, 1.82) is 0 Å². The second-order valence-electron chi connectivity index (χ2n) is 2.73. The maximum absolute atomic E-state index is 11.3. The van der Waals surface area contributed by atoms with E-state index in [-0.39, 0.29) is 18.6 Å². The van der Waals surface area contributed by atoms with E-state index >= 15 is 0 Å². The lowest BCUT2D eigenvalue weighted by Crippen LogP contribution is -2.37. The van der Waals surface area contributed by atoms with Crippen LogP contribution in [0.15, 0.2) is 12.3 Å². The Balaban J connectivity index is 2.50. The number of amides is 1. The number of rotatable bonds is 4. The molecule has 5 heteroatoms. The summed E-state index contributed by atoms with van der Waals surface area (Å²) in [5, 5.41) is 17.7. The van der Waals surface area contributed by atoms with Gasteiger partial charge in [-0.15, -0.1) is 0 Å². The van der Waals surface area contributed by atoms with Crippen molar-refractivity contribution in [3.63, 3.8) is 0 Å². The van der Waals surface area contributed by atoms with E-state index in [1.807, 2.05) is 6.92 Å². The summed E-state index contributed by atoms with van der Waals surface area (Å²) < 4.78 is 0. The highest BCUT2D eigenvalue weighted by molar-refractivity contribution is 5.92. The van der Waals surface area contributed by atoms with Crippen LogP contribution in [0.5, 0.6) is 0 Å². The van der Waals surface area contributed by atoms with Crippen LogP contribution in [0, 0.1) is 0 Å². The lowest BCUT2D eigenvalue weighted by Gasteiger charge is -2.12. The minimum absolute atomic E-state index is 0.0453. The first-order valence-corrected chi connectivity index (χ1v) is 4.19. The standard InChI is InChI=1S/C8H13N3O2/c1-2-6(5-12)10-8(13)7-3-4-9-11-7/h3-4,6,12H,2,5H2,1H3,(H,9,11)(H,10,13)/t6-/m0/s1. The summed E-state index contributed by atoms with van der Waals surface area (Å²) in [4.78, 5) is 11.3. The lowest BCUT2D eigenvalue weighted by atomic mass is 10.2. The van der Waals surface area contributed by atoms with Gasteiger partial charge in [0, 0.05) is 6.20 Å². The number of aromatic amines is 1. The summed E-state index contributed by atoms with van der Waals surface area (Å²) in [7, 11) is 0. The van der Waals surface area contributed by atoms with E-state index in [1.54, 1.807) is 6.07 Å². The molecule has 0 unspecified atom stereocenters. The van der Waals surface area contributed by atoms with Gasteiger partial charge in [-0.05, 0) is 12.5 Å². The number of hydrogen-bond acceptors (Lipinski definition) is 3. The quantitative estimate of drug-likeness (QED) is 0.610. The molecule has 1 aromatic rings. The molecule has 0 aromatic carbocycles. The minimum Gasteiger partial charge on any atom is -0.394 e. The highest BCUT2D eigenvalue weighted by Gasteiger charge is 2.11. The highest BCUT2D eigenvalue weighted by atomic mass is 16.3. The predicted octanol–water partition coefficient (Wildman–Crippen LogP) is -0.0896. The number of nitrogens with one attached hydrogen (secondary N) is 2. The fourth-order valence-corrected chi connectivity index (χ4v) is 0.922. The molecular weight excluding hydrogens is 170 g/mol. The van der Waals surface area contributed by atoms with Gasteiger partial charge in [-0.1, -0.05) is 6.92 Å². The van der Waals surface area contributed by atoms with Gasteiger partial charge >= 0.3 is 0 Å². The second kappa shape index (κ2) is 4.61. The van der Waals surface area contributed by atoms with E-state index in [0.29, 0.717) is 12.1 Å². The third-order valence-electron chi connectivity index (χ3n) is 1.79. The summed E-state index contributed by atoms with van der Waals surface area (Å²) in [5.74, 6) is -0.238. The van der Waals surface area contributed by atoms with E-state index in [0.717, 1.165) is 0 Å². The van der Waals surface area contributed by atoms with E-state index in [9.17, 15) is 4.79 Å². The van der Waals surface area contributed by atoms with Gasteiger partial charge in [0.2, 0.25) is 0 Å². The van der Waals surface area contributed by atoms with Crippen LogP contribution in [0.4, 0.5) is 0 Å². The van der Waals surface area contributed by atoms with Crippen molar-refractivity contribution in [3.8, 4) is 0 Å². The van der Waals surface area contributed by atoms with Crippen molar-refractivity contribution >= 4 is 5.91 Å². The molecule has 0 aliphatic heterocycles. The van der Waals surface area contributed by atoms with Crippen LogP contribution in [0.25, 0.3) is 0 Å². The molecule has 0 aliphatic rings. The van der Waals surface area contributed by atoms with E-state index in [2.05, 4.69) is 15.5 Å². The molecule has 1 rings (SSSR count). The summed E-state index contributed by atoms with van der Waals surface area (Å²) >= 11 is 0. The Kier molecular flexibility index (Phi) is 3.45. The molecule has 1 atom stereocenters. The number of carbonyl (C=O) groups excluding carboxylic acids is 1. The largest absolute Gasteiger partial charge is 0.394 e. The topological polar surface area (TPSA) is 78.0 Å². The molecule has 1 aromatic heterocycles. The Morgan fingerprint density at radius 2 is 2.62 bits per heavy atom. The molecule has 0 radical (unpaired) electrons. The van der Waals surface area contributed by atoms with Crippen molar-refractivity contribution in [2.45, 2.75) is 19.4 Å². The Labute approximate surface area is 76.2 Å².